The average Bonchev–Trinajstić information content (AvgIpc) is 3.16. The number of benzene rings is 4. The minimum atomic E-state index is -1.04. The number of aliphatic hydroxyl groups excluding tert-OH is 2. The first-order valence-corrected chi connectivity index (χ1v) is 17.0. The van der Waals surface area contributed by atoms with E-state index in [4.69, 9.17) is 9.47 Å². The second-order valence-electron chi connectivity index (χ2n) is 13.5. The van der Waals surface area contributed by atoms with Gasteiger partial charge in [0.2, 0.25) is 0 Å². The number of rotatable bonds is 10. The molecule has 50 heavy (non-hydrogen) atoms. The number of hydrogen-bond acceptors (Lipinski definition) is 8. The Balaban J connectivity index is 1.56. The van der Waals surface area contributed by atoms with Gasteiger partial charge in [0, 0.05) is 48.2 Å². The molecule has 0 saturated heterocycles. The molecule has 4 aromatic rings. The van der Waals surface area contributed by atoms with Gasteiger partial charge < -0.3 is 29.5 Å². The average molecular weight is 671 g/mol. The summed E-state index contributed by atoms with van der Waals surface area (Å²) < 4.78 is 10.9. The van der Waals surface area contributed by atoms with Gasteiger partial charge in [-0.1, -0.05) is 121 Å². The molecular weight excluding hydrogens is 628 g/mol. The number of aliphatic hydroxyl groups is 2. The van der Waals surface area contributed by atoms with Gasteiger partial charge in [-0.3, -0.25) is 0 Å². The second-order valence-corrected chi connectivity index (χ2v) is 13.5. The van der Waals surface area contributed by atoms with Crippen molar-refractivity contribution < 1.29 is 29.3 Å². The van der Waals surface area contributed by atoms with Crippen LogP contribution >= 0.6 is 0 Å². The van der Waals surface area contributed by atoms with E-state index >= 15 is 0 Å². The van der Waals surface area contributed by atoms with Crippen LogP contribution in [0.1, 0.15) is 34.1 Å². The Labute approximate surface area is 292 Å². The van der Waals surface area contributed by atoms with Crippen LogP contribution in [0, 0.1) is 10.8 Å². The molecule has 0 aromatic heterocycles. The topological polar surface area (TPSA) is 99.5 Å². The van der Waals surface area contributed by atoms with Crippen LogP contribution in [-0.4, -0.2) is 71.5 Å². The molecular formula is C42H42N2O6. The summed E-state index contributed by atoms with van der Waals surface area (Å²) in [7, 11) is 2.75. The first kappa shape index (κ1) is 33.3. The van der Waals surface area contributed by atoms with Crippen molar-refractivity contribution in [3.63, 3.8) is 0 Å². The second kappa shape index (κ2) is 13.6. The van der Waals surface area contributed by atoms with Crippen molar-refractivity contribution in [2.75, 3.05) is 27.4 Å². The van der Waals surface area contributed by atoms with E-state index in [-0.39, 0.29) is 13.2 Å². The zero-order chi connectivity index (χ0) is 34.9. The van der Waals surface area contributed by atoms with Crippen LogP contribution in [0.25, 0.3) is 0 Å². The quantitative estimate of drug-likeness (QED) is 0.216. The number of nitrogens with zero attached hydrogens (tertiary/aromatic N) is 2. The number of carbonyl (C=O) groups excluding carboxylic acids is 2. The zero-order valence-electron chi connectivity index (χ0n) is 28.3. The molecule has 2 aliphatic heterocycles. The maximum Gasteiger partial charge on any atom is 0.335 e. The fourth-order valence-corrected chi connectivity index (χ4v) is 9.54. The molecule has 8 heteroatoms. The molecule has 0 radical (unpaired) electrons. The van der Waals surface area contributed by atoms with Gasteiger partial charge in [0.1, 0.15) is 0 Å². The predicted octanol–water partition coefficient (Wildman–Crippen LogP) is 5.41. The number of carbonyl (C=O) groups is 2. The Morgan fingerprint density at radius 1 is 0.560 bits per heavy atom. The highest BCUT2D eigenvalue weighted by Crippen LogP contribution is 2.74. The molecule has 2 heterocycles. The molecule has 2 atom stereocenters. The van der Waals surface area contributed by atoms with Gasteiger partial charge in [-0.15, -0.1) is 0 Å². The fourth-order valence-electron chi connectivity index (χ4n) is 9.54. The summed E-state index contributed by atoms with van der Waals surface area (Å²) in [6, 6.07) is 38.3. The van der Waals surface area contributed by atoms with Crippen molar-refractivity contribution in [2.24, 2.45) is 10.8 Å². The normalized spacial score (nSPS) is 26.8. The summed E-state index contributed by atoms with van der Waals surface area (Å²) in [4.78, 5) is 32.0. The summed E-state index contributed by atoms with van der Waals surface area (Å²) in [6.07, 6.45) is 3.73. The predicted molar refractivity (Wildman–Crippen MR) is 189 cm³/mol. The summed E-state index contributed by atoms with van der Waals surface area (Å²) >= 11 is 0. The van der Waals surface area contributed by atoms with Crippen molar-refractivity contribution in [3.05, 3.63) is 167 Å². The van der Waals surface area contributed by atoms with E-state index < -0.39 is 46.7 Å². The Bertz CT molecular complexity index is 1730. The lowest BCUT2D eigenvalue weighted by molar-refractivity contribution is -0.264. The highest BCUT2D eigenvalue weighted by Gasteiger charge is 2.80. The van der Waals surface area contributed by atoms with Crippen LogP contribution in [0.3, 0.4) is 0 Å². The van der Waals surface area contributed by atoms with E-state index in [0.717, 1.165) is 22.3 Å². The molecule has 7 rings (SSSR count). The molecule has 0 bridgehead atoms. The third kappa shape index (κ3) is 5.13. The summed E-state index contributed by atoms with van der Waals surface area (Å²) in [6.45, 7) is 0.164. The Morgan fingerprint density at radius 2 is 0.880 bits per heavy atom. The first-order chi connectivity index (χ1) is 24.4. The number of ether oxygens (including phenoxy) is 2. The smallest absolute Gasteiger partial charge is 0.335 e. The third-order valence-electron chi connectivity index (χ3n) is 11.1. The van der Waals surface area contributed by atoms with E-state index in [1.165, 1.54) is 14.2 Å². The largest absolute Gasteiger partial charge is 0.466 e. The van der Waals surface area contributed by atoms with Gasteiger partial charge in [-0.2, -0.15) is 0 Å². The van der Waals surface area contributed by atoms with Crippen molar-refractivity contribution >= 4 is 11.9 Å². The van der Waals surface area contributed by atoms with Crippen LogP contribution in [0.15, 0.2) is 145 Å². The van der Waals surface area contributed by atoms with Crippen molar-refractivity contribution in [1.82, 2.24) is 9.80 Å². The van der Waals surface area contributed by atoms with Crippen molar-refractivity contribution in [2.45, 2.75) is 37.0 Å². The van der Waals surface area contributed by atoms with E-state index in [0.29, 0.717) is 24.2 Å². The molecule has 1 saturated carbocycles. The molecule has 0 amide bonds. The Morgan fingerprint density at radius 3 is 1.18 bits per heavy atom. The minimum absolute atomic E-state index is 0.308. The van der Waals surface area contributed by atoms with Crippen LogP contribution < -0.4 is 0 Å². The van der Waals surface area contributed by atoms with Gasteiger partial charge >= 0.3 is 11.9 Å². The van der Waals surface area contributed by atoms with Crippen LogP contribution in [-0.2, 0) is 32.2 Å². The molecule has 0 unspecified atom stereocenters. The summed E-state index contributed by atoms with van der Waals surface area (Å²) in [5.41, 5.74) is 2.45. The Hall–Kier alpha value is -5.18. The number of esters is 2. The highest BCUT2D eigenvalue weighted by atomic mass is 16.5. The van der Waals surface area contributed by atoms with Gasteiger partial charge in [-0.25, -0.2) is 9.59 Å². The SMILES string of the molecule is COC(=O)C1=CN(Cc2ccccc2)C2C(CO)(C3N(Cc4ccccc4)C=C(C(=O)OC)[C@H](c4ccccc4)C23CO)[C@H]1c1ccccc1. The van der Waals surface area contributed by atoms with Crippen LogP contribution in [0.5, 0.6) is 0 Å². The summed E-state index contributed by atoms with van der Waals surface area (Å²) in [5.74, 6) is -2.18. The lowest BCUT2D eigenvalue weighted by Crippen LogP contribution is -2.86. The standard InChI is InChI=1S/C42H42N2O6/c1-49-37(47)33-25-43(23-29-15-7-3-8-16-29)39-41(27-45,35(33)31-19-11-5-12-20-31)40-42(39,28-46)36(32-21-13-6-14-22-32)34(38(48)50-2)26-44(40)24-30-17-9-4-10-18-30/h3-22,25-26,35-36,39-40,45-46H,23-24,27-28H2,1-2H3/t35-,36-,39?,40?,41?,42?/m0/s1. The molecule has 8 nitrogen and oxygen atoms in total. The molecule has 3 aliphatic rings. The van der Waals surface area contributed by atoms with Crippen molar-refractivity contribution in [1.29, 1.82) is 0 Å². The molecule has 0 spiro atoms. The van der Waals surface area contributed by atoms with Gasteiger partial charge in [-0.05, 0) is 22.3 Å². The molecule has 256 valence electrons. The maximum absolute atomic E-state index is 13.9. The van der Waals surface area contributed by atoms with E-state index in [9.17, 15) is 19.8 Å². The maximum atomic E-state index is 13.9. The lowest BCUT2D eigenvalue weighted by Gasteiger charge is -2.78. The van der Waals surface area contributed by atoms with Gasteiger partial charge in [0.05, 0.1) is 50.7 Å². The number of hydrogen-bond donors (Lipinski definition) is 2. The van der Waals surface area contributed by atoms with Crippen LogP contribution in [0.4, 0.5) is 0 Å². The van der Waals surface area contributed by atoms with Crippen LogP contribution in [0.2, 0.25) is 0 Å². The third-order valence-corrected chi connectivity index (χ3v) is 11.1. The van der Waals surface area contributed by atoms with E-state index in [1.807, 2.05) is 134 Å². The van der Waals surface area contributed by atoms with Gasteiger partial charge in [0.25, 0.3) is 0 Å². The first-order valence-electron chi connectivity index (χ1n) is 17.0. The molecule has 1 aliphatic carbocycles. The van der Waals surface area contributed by atoms with E-state index in [1.54, 1.807) is 0 Å². The molecule has 1 fully saturated rings. The lowest BCUT2D eigenvalue weighted by atomic mass is 9.34. The van der Waals surface area contributed by atoms with E-state index in [2.05, 4.69) is 9.80 Å². The Kier molecular flexibility index (Phi) is 9.07. The molecule has 4 aromatic carbocycles. The summed E-state index contributed by atoms with van der Waals surface area (Å²) in [5, 5.41) is 24.1. The molecule has 2 N–H and O–H groups in total. The zero-order valence-corrected chi connectivity index (χ0v) is 28.3. The van der Waals surface area contributed by atoms with Crippen molar-refractivity contribution in [3.8, 4) is 0 Å². The highest BCUT2D eigenvalue weighted by molar-refractivity contribution is 5.92. The number of fused-ring (bicyclic) bond motifs is 4. The fraction of sp³-hybridized carbons (Fsp3) is 0.286. The number of methoxy groups -OCH3 is 2. The van der Waals surface area contributed by atoms with Gasteiger partial charge in [0.15, 0.2) is 0 Å². The monoisotopic (exact) mass is 670 g/mol. The minimum Gasteiger partial charge on any atom is -0.466 e.